The summed E-state index contributed by atoms with van der Waals surface area (Å²) < 4.78 is 0. The van der Waals surface area contributed by atoms with Gasteiger partial charge in [0.2, 0.25) is 0 Å². The fourth-order valence-corrected chi connectivity index (χ4v) is 3.28. The zero-order valence-corrected chi connectivity index (χ0v) is 12.9. The van der Waals surface area contributed by atoms with Crippen LogP contribution in [0.15, 0.2) is 54.6 Å². The molecule has 0 aromatic heterocycles. The van der Waals surface area contributed by atoms with E-state index in [4.69, 9.17) is 11.6 Å². The van der Waals surface area contributed by atoms with E-state index in [1.807, 2.05) is 42.5 Å². The lowest BCUT2D eigenvalue weighted by atomic mass is 9.89. The minimum Gasteiger partial charge on any atom is -0.481 e. The molecule has 0 radical (unpaired) electrons. The molecule has 1 fully saturated rings. The molecule has 0 saturated carbocycles. The highest BCUT2D eigenvalue weighted by Crippen LogP contribution is 2.34. The molecule has 3 nitrogen and oxygen atoms in total. The maximum atomic E-state index is 11.6. The average molecular weight is 316 g/mol. The smallest absolute Gasteiger partial charge is 0.308 e. The van der Waals surface area contributed by atoms with Crippen LogP contribution >= 0.6 is 11.6 Å². The van der Waals surface area contributed by atoms with E-state index in [0.717, 1.165) is 18.7 Å². The number of carboxylic acids is 1. The van der Waals surface area contributed by atoms with Gasteiger partial charge < -0.3 is 5.11 Å². The van der Waals surface area contributed by atoms with Crippen LogP contribution in [-0.2, 0) is 11.3 Å². The minimum absolute atomic E-state index is 0.0125. The number of carboxylic acid groups (broad SMARTS) is 1. The standard InChI is InChI=1S/C18H18ClNO2/c19-15-8-6-14(7-9-15)16-11-20(12-17(16)18(21)22)10-13-4-2-1-3-5-13/h1-9,16-17H,10-12H2,(H,21,22)/t16-,17-/m0/s1. The zero-order valence-electron chi connectivity index (χ0n) is 12.2. The Morgan fingerprint density at radius 3 is 2.41 bits per heavy atom. The number of hydrogen-bond donors (Lipinski definition) is 1. The van der Waals surface area contributed by atoms with E-state index >= 15 is 0 Å². The second-order valence-electron chi connectivity index (χ2n) is 5.78. The van der Waals surface area contributed by atoms with Gasteiger partial charge in [-0.15, -0.1) is 0 Å². The highest BCUT2D eigenvalue weighted by Gasteiger charge is 2.38. The van der Waals surface area contributed by atoms with E-state index in [2.05, 4.69) is 17.0 Å². The van der Waals surface area contributed by atoms with Crippen molar-refractivity contribution in [2.45, 2.75) is 12.5 Å². The van der Waals surface area contributed by atoms with Gasteiger partial charge in [-0.2, -0.15) is 0 Å². The third-order valence-electron chi connectivity index (χ3n) is 4.26. The van der Waals surface area contributed by atoms with Gasteiger partial charge in [0.25, 0.3) is 0 Å². The number of carbonyl (C=O) groups is 1. The summed E-state index contributed by atoms with van der Waals surface area (Å²) in [6.07, 6.45) is 0. The molecule has 2 aromatic rings. The summed E-state index contributed by atoms with van der Waals surface area (Å²) in [7, 11) is 0. The van der Waals surface area contributed by atoms with Gasteiger partial charge in [-0.1, -0.05) is 54.1 Å². The van der Waals surface area contributed by atoms with Crippen molar-refractivity contribution in [3.63, 3.8) is 0 Å². The van der Waals surface area contributed by atoms with Crippen LogP contribution in [0.1, 0.15) is 17.0 Å². The van der Waals surface area contributed by atoms with Gasteiger partial charge in [0.05, 0.1) is 5.92 Å². The van der Waals surface area contributed by atoms with Crippen LogP contribution in [0.4, 0.5) is 0 Å². The summed E-state index contributed by atoms with van der Waals surface area (Å²) in [5, 5.41) is 10.2. The fourth-order valence-electron chi connectivity index (χ4n) is 3.15. The molecular formula is C18H18ClNO2. The summed E-state index contributed by atoms with van der Waals surface area (Å²) in [6.45, 7) is 2.12. The molecule has 0 bridgehead atoms. The molecule has 114 valence electrons. The van der Waals surface area contributed by atoms with Gasteiger partial charge in [0.15, 0.2) is 0 Å². The molecule has 0 amide bonds. The summed E-state index contributed by atoms with van der Waals surface area (Å²) in [4.78, 5) is 13.8. The van der Waals surface area contributed by atoms with Crippen molar-refractivity contribution in [3.05, 3.63) is 70.7 Å². The maximum Gasteiger partial charge on any atom is 0.308 e. The van der Waals surface area contributed by atoms with Gasteiger partial charge in [-0.3, -0.25) is 9.69 Å². The summed E-state index contributed by atoms with van der Waals surface area (Å²) >= 11 is 5.93. The third kappa shape index (κ3) is 3.32. The van der Waals surface area contributed by atoms with Crippen molar-refractivity contribution in [2.24, 2.45) is 5.92 Å². The van der Waals surface area contributed by atoms with Crippen molar-refractivity contribution in [1.29, 1.82) is 0 Å². The van der Waals surface area contributed by atoms with E-state index in [9.17, 15) is 9.90 Å². The Balaban J connectivity index is 1.77. The third-order valence-corrected chi connectivity index (χ3v) is 4.51. The highest BCUT2D eigenvalue weighted by molar-refractivity contribution is 6.30. The van der Waals surface area contributed by atoms with Crippen LogP contribution in [0.25, 0.3) is 0 Å². The molecule has 1 aliphatic rings. The topological polar surface area (TPSA) is 40.5 Å². The molecule has 1 aliphatic heterocycles. The van der Waals surface area contributed by atoms with Crippen molar-refractivity contribution in [2.75, 3.05) is 13.1 Å². The maximum absolute atomic E-state index is 11.6. The van der Waals surface area contributed by atoms with Crippen molar-refractivity contribution < 1.29 is 9.90 Å². The van der Waals surface area contributed by atoms with Crippen LogP contribution in [0.3, 0.4) is 0 Å². The Morgan fingerprint density at radius 1 is 1.09 bits per heavy atom. The molecule has 0 unspecified atom stereocenters. The van der Waals surface area contributed by atoms with Gasteiger partial charge in [0.1, 0.15) is 0 Å². The largest absolute Gasteiger partial charge is 0.481 e. The zero-order chi connectivity index (χ0) is 15.5. The SMILES string of the molecule is O=C(O)[C@H]1CN(Cc2ccccc2)C[C@H]1c1ccc(Cl)cc1. The number of benzene rings is 2. The van der Waals surface area contributed by atoms with Gasteiger partial charge in [-0.05, 0) is 23.3 Å². The molecule has 1 saturated heterocycles. The lowest BCUT2D eigenvalue weighted by Crippen LogP contribution is -2.23. The van der Waals surface area contributed by atoms with E-state index in [1.54, 1.807) is 0 Å². The van der Waals surface area contributed by atoms with E-state index in [-0.39, 0.29) is 11.8 Å². The Labute approximate surface area is 135 Å². The number of rotatable bonds is 4. The van der Waals surface area contributed by atoms with Gasteiger partial charge in [0, 0.05) is 30.6 Å². The highest BCUT2D eigenvalue weighted by atomic mass is 35.5. The molecule has 1 heterocycles. The first-order chi connectivity index (χ1) is 10.6. The van der Waals surface area contributed by atoms with E-state index in [1.165, 1.54) is 5.56 Å². The van der Waals surface area contributed by atoms with E-state index < -0.39 is 5.97 Å². The molecule has 2 aromatic carbocycles. The lowest BCUT2D eigenvalue weighted by Gasteiger charge is -2.16. The molecule has 3 rings (SSSR count). The molecule has 1 N–H and O–H groups in total. The first kappa shape index (κ1) is 15.1. The summed E-state index contributed by atoms with van der Waals surface area (Å²) in [6, 6.07) is 17.7. The number of aliphatic carboxylic acids is 1. The van der Waals surface area contributed by atoms with Crippen molar-refractivity contribution in [3.8, 4) is 0 Å². The second kappa shape index (κ2) is 6.51. The summed E-state index contributed by atoms with van der Waals surface area (Å²) in [5.41, 5.74) is 2.26. The predicted octanol–water partition coefficient (Wildman–Crippen LogP) is 3.64. The molecular weight excluding hydrogens is 298 g/mol. The van der Waals surface area contributed by atoms with Crippen LogP contribution in [-0.4, -0.2) is 29.1 Å². The number of halogens is 1. The van der Waals surface area contributed by atoms with E-state index in [0.29, 0.717) is 11.6 Å². The molecule has 0 spiro atoms. The van der Waals surface area contributed by atoms with Crippen LogP contribution in [0.2, 0.25) is 5.02 Å². The molecule has 0 aliphatic carbocycles. The Bertz CT molecular complexity index is 642. The second-order valence-corrected chi connectivity index (χ2v) is 6.22. The van der Waals surface area contributed by atoms with Crippen LogP contribution in [0, 0.1) is 5.92 Å². The predicted molar refractivity (Wildman–Crippen MR) is 87.0 cm³/mol. The first-order valence-corrected chi connectivity index (χ1v) is 7.76. The monoisotopic (exact) mass is 315 g/mol. The number of nitrogens with zero attached hydrogens (tertiary/aromatic N) is 1. The minimum atomic E-state index is -0.726. The first-order valence-electron chi connectivity index (χ1n) is 7.38. The Kier molecular flexibility index (Phi) is 4.46. The quantitative estimate of drug-likeness (QED) is 0.936. The van der Waals surface area contributed by atoms with Gasteiger partial charge in [-0.25, -0.2) is 0 Å². The Hall–Kier alpha value is -1.84. The van der Waals surface area contributed by atoms with Gasteiger partial charge >= 0.3 is 5.97 Å². The van der Waals surface area contributed by atoms with Crippen molar-refractivity contribution in [1.82, 2.24) is 4.90 Å². The average Bonchev–Trinajstić information content (AvgIpc) is 2.93. The lowest BCUT2D eigenvalue weighted by molar-refractivity contribution is -0.141. The molecule has 2 atom stereocenters. The fraction of sp³-hybridized carbons (Fsp3) is 0.278. The van der Waals surface area contributed by atoms with Crippen LogP contribution < -0.4 is 0 Å². The molecule has 22 heavy (non-hydrogen) atoms. The molecule has 4 heteroatoms. The van der Waals surface area contributed by atoms with Crippen LogP contribution in [0.5, 0.6) is 0 Å². The summed E-state index contributed by atoms with van der Waals surface area (Å²) in [5.74, 6) is -1.08. The van der Waals surface area contributed by atoms with Crippen molar-refractivity contribution >= 4 is 17.6 Å². The Morgan fingerprint density at radius 2 is 1.77 bits per heavy atom. The normalized spacial score (nSPS) is 21.9. The number of hydrogen-bond acceptors (Lipinski definition) is 2. The number of likely N-dealkylation sites (tertiary alicyclic amines) is 1.